The Balaban J connectivity index is 1.73. The Labute approximate surface area is 132 Å². The van der Waals surface area contributed by atoms with E-state index in [1.807, 2.05) is 11.0 Å². The molecule has 1 aromatic carbocycles. The molecule has 0 bridgehead atoms. The van der Waals surface area contributed by atoms with Gasteiger partial charge in [-0.15, -0.1) is 0 Å². The number of anilines is 1. The van der Waals surface area contributed by atoms with Crippen molar-refractivity contribution in [1.82, 2.24) is 4.90 Å². The van der Waals surface area contributed by atoms with Crippen molar-refractivity contribution in [2.24, 2.45) is 0 Å². The third-order valence-corrected chi connectivity index (χ3v) is 5.60. The van der Waals surface area contributed by atoms with E-state index in [0.717, 1.165) is 38.4 Å². The Kier molecular flexibility index (Phi) is 3.46. The number of ether oxygens (including phenoxy) is 1. The van der Waals surface area contributed by atoms with Gasteiger partial charge in [0.15, 0.2) is 0 Å². The summed E-state index contributed by atoms with van der Waals surface area (Å²) in [5.41, 5.74) is 2.53. The van der Waals surface area contributed by atoms with Gasteiger partial charge >= 0.3 is 0 Å². The number of hydrogen-bond donors (Lipinski definition) is 0. The Morgan fingerprint density at radius 3 is 2.82 bits per heavy atom. The highest BCUT2D eigenvalue weighted by Crippen LogP contribution is 2.41. The number of piperidine rings is 1. The maximum atomic E-state index is 12.2. The molecular weight excluding hydrogens is 276 g/mol. The zero-order chi connectivity index (χ0) is 15.2. The van der Waals surface area contributed by atoms with E-state index in [-0.39, 0.29) is 11.4 Å². The maximum Gasteiger partial charge on any atom is 0.223 e. The Morgan fingerprint density at radius 1 is 1.27 bits per heavy atom. The number of carbonyl (C=O) groups excluding carboxylic acids is 1. The van der Waals surface area contributed by atoms with Gasteiger partial charge in [0.25, 0.3) is 0 Å². The van der Waals surface area contributed by atoms with Crippen molar-refractivity contribution < 1.29 is 9.53 Å². The molecule has 2 saturated heterocycles. The van der Waals surface area contributed by atoms with Crippen LogP contribution in [0.2, 0.25) is 0 Å². The molecule has 0 aliphatic carbocycles. The van der Waals surface area contributed by atoms with Crippen LogP contribution in [0.3, 0.4) is 0 Å². The van der Waals surface area contributed by atoms with Crippen molar-refractivity contribution in [2.45, 2.75) is 44.2 Å². The number of rotatable bonds is 1. The number of para-hydroxylation sites is 1. The van der Waals surface area contributed by atoms with Crippen LogP contribution in [-0.4, -0.2) is 48.7 Å². The molecule has 2 fully saturated rings. The van der Waals surface area contributed by atoms with E-state index in [1.165, 1.54) is 24.8 Å². The number of nitrogens with zero attached hydrogens (tertiary/aromatic N) is 2. The van der Waals surface area contributed by atoms with E-state index in [9.17, 15) is 4.79 Å². The first-order valence-electron chi connectivity index (χ1n) is 8.40. The van der Waals surface area contributed by atoms with E-state index in [2.05, 4.69) is 23.1 Å². The normalized spacial score (nSPS) is 29.2. The molecule has 0 radical (unpaired) electrons. The van der Waals surface area contributed by atoms with Crippen LogP contribution >= 0.6 is 0 Å². The molecule has 1 unspecified atom stereocenters. The molecule has 22 heavy (non-hydrogen) atoms. The first-order valence-corrected chi connectivity index (χ1v) is 8.40. The third-order valence-electron chi connectivity index (χ3n) is 5.60. The van der Waals surface area contributed by atoms with Crippen molar-refractivity contribution in [1.29, 1.82) is 0 Å². The lowest BCUT2D eigenvalue weighted by molar-refractivity contribution is -0.123. The van der Waals surface area contributed by atoms with Crippen LogP contribution in [0.5, 0.6) is 0 Å². The number of fused-ring (bicyclic) bond motifs is 1. The SMILES string of the molecule is CC(=O)N1CC2(CCCCN2C2COC2)Cc2ccccc21. The van der Waals surface area contributed by atoms with Crippen LogP contribution in [0.4, 0.5) is 5.69 Å². The van der Waals surface area contributed by atoms with Crippen molar-refractivity contribution in [3.63, 3.8) is 0 Å². The average Bonchev–Trinajstić information content (AvgIpc) is 2.47. The van der Waals surface area contributed by atoms with Crippen LogP contribution in [0.15, 0.2) is 24.3 Å². The fraction of sp³-hybridized carbons (Fsp3) is 0.611. The maximum absolute atomic E-state index is 12.2. The molecule has 3 aliphatic heterocycles. The highest BCUT2D eigenvalue weighted by Gasteiger charge is 2.48. The molecule has 1 amide bonds. The Bertz CT molecular complexity index is 584. The second-order valence-electron chi connectivity index (χ2n) is 6.98. The molecule has 4 nitrogen and oxygen atoms in total. The first kappa shape index (κ1) is 14.2. The lowest BCUT2D eigenvalue weighted by Crippen LogP contribution is -2.68. The molecule has 1 aromatic rings. The van der Waals surface area contributed by atoms with Gasteiger partial charge in [0.2, 0.25) is 5.91 Å². The standard InChI is InChI=1S/C18H24N2O2/c1-14(21)19-13-18(10-15-6-2-3-7-17(15)19)8-4-5-9-20(18)16-11-22-12-16/h2-3,6-7,16H,4-5,8-13H2,1H3. The fourth-order valence-electron chi connectivity index (χ4n) is 4.44. The fourth-order valence-corrected chi connectivity index (χ4v) is 4.44. The summed E-state index contributed by atoms with van der Waals surface area (Å²) in [5.74, 6) is 0.155. The highest BCUT2D eigenvalue weighted by molar-refractivity contribution is 5.93. The number of carbonyl (C=O) groups is 1. The molecule has 0 aromatic heterocycles. The van der Waals surface area contributed by atoms with E-state index < -0.39 is 0 Å². The first-order chi connectivity index (χ1) is 10.7. The van der Waals surface area contributed by atoms with E-state index in [0.29, 0.717) is 6.04 Å². The molecule has 3 heterocycles. The molecule has 1 spiro atoms. The summed E-state index contributed by atoms with van der Waals surface area (Å²) in [5, 5.41) is 0. The summed E-state index contributed by atoms with van der Waals surface area (Å²) >= 11 is 0. The smallest absolute Gasteiger partial charge is 0.223 e. The van der Waals surface area contributed by atoms with Crippen LogP contribution in [0.25, 0.3) is 0 Å². The average molecular weight is 300 g/mol. The Morgan fingerprint density at radius 2 is 2.09 bits per heavy atom. The van der Waals surface area contributed by atoms with Gasteiger partial charge in [-0.1, -0.05) is 24.6 Å². The van der Waals surface area contributed by atoms with Crippen LogP contribution < -0.4 is 4.90 Å². The summed E-state index contributed by atoms with van der Waals surface area (Å²) < 4.78 is 5.44. The monoisotopic (exact) mass is 300 g/mol. The van der Waals surface area contributed by atoms with Crippen molar-refractivity contribution >= 4 is 11.6 Å². The van der Waals surface area contributed by atoms with Gasteiger partial charge in [0.1, 0.15) is 0 Å². The lowest BCUT2D eigenvalue weighted by Gasteiger charge is -2.56. The second-order valence-corrected chi connectivity index (χ2v) is 6.98. The molecule has 4 rings (SSSR count). The lowest BCUT2D eigenvalue weighted by atomic mass is 9.76. The van der Waals surface area contributed by atoms with E-state index >= 15 is 0 Å². The third kappa shape index (κ3) is 2.17. The van der Waals surface area contributed by atoms with Gasteiger partial charge in [-0.2, -0.15) is 0 Å². The van der Waals surface area contributed by atoms with Crippen molar-refractivity contribution in [3.05, 3.63) is 29.8 Å². The van der Waals surface area contributed by atoms with Gasteiger partial charge in [-0.05, 0) is 37.4 Å². The van der Waals surface area contributed by atoms with Gasteiger partial charge in [0, 0.05) is 24.7 Å². The van der Waals surface area contributed by atoms with Crippen molar-refractivity contribution in [3.8, 4) is 0 Å². The molecule has 118 valence electrons. The zero-order valence-corrected chi connectivity index (χ0v) is 13.3. The number of likely N-dealkylation sites (tertiary alicyclic amines) is 1. The van der Waals surface area contributed by atoms with Gasteiger partial charge in [-0.25, -0.2) is 0 Å². The van der Waals surface area contributed by atoms with Crippen molar-refractivity contribution in [2.75, 3.05) is 31.2 Å². The van der Waals surface area contributed by atoms with E-state index in [4.69, 9.17) is 4.74 Å². The quantitative estimate of drug-likeness (QED) is 0.797. The van der Waals surface area contributed by atoms with Gasteiger partial charge in [-0.3, -0.25) is 9.69 Å². The largest absolute Gasteiger partial charge is 0.378 e. The topological polar surface area (TPSA) is 32.8 Å². The number of hydrogen-bond acceptors (Lipinski definition) is 3. The number of amides is 1. The number of benzene rings is 1. The van der Waals surface area contributed by atoms with E-state index in [1.54, 1.807) is 6.92 Å². The molecule has 4 heteroatoms. The minimum atomic E-state index is 0.104. The molecule has 0 N–H and O–H groups in total. The second kappa shape index (κ2) is 5.36. The molecule has 0 saturated carbocycles. The predicted octanol–water partition coefficient (Wildman–Crippen LogP) is 2.22. The molecular formula is C18H24N2O2. The molecule has 3 aliphatic rings. The van der Waals surface area contributed by atoms with Gasteiger partial charge < -0.3 is 9.64 Å². The van der Waals surface area contributed by atoms with Crippen LogP contribution in [0.1, 0.15) is 31.7 Å². The zero-order valence-electron chi connectivity index (χ0n) is 13.3. The van der Waals surface area contributed by atoms with Gasteiger partial charge in [0.05, 0.1) is 19.3 Å². The predicted molar refractivity (Wildman–Crippen MR) is 86.1 cm³/mol. The minimum absolute atomic E-state index is 0.104. The Hall–Kier alpha value is -1.39. The molecule has 1 atom stereocenters. The summed E-state index contributed by atoms with van der Waals surface area (Å²) in [6.07, 6.45) is 4.77. The van der Waals surface area contributed by atoms with Crippen LogP contribution in [0, 0.1) is 0 Å². The summed E-state index contributed by atoms with van der Waals surface area (Å²) in [7, 11) is 0. The van der Waals surface area contributed by atoms with Crippen LogP contribution in [-0.2, 0) is 16.0 Å². The summed E-state index contributed by atoms with van der Waals surface area (Å²) in [6.45, 7) is 5.36. The summed E-state index contributed by atoms with van der Waals surface area (Å²) in [6, 6.07) is 8.94. The minimum Gasteiger partial charge on any atom is -0.378 e. The highest BCUT2D eigenvalue weighted by atomic mass is 16.5. The summed E-state index contributed by atoms with van der Waals surface area (Å²) in [4.78, 5) is 16.9.